The van der Waals surface area contributed by atoms with Gasteiger partial charge in [-0.1, -0.05) is 44.5 Å². The summed E-state index contributed by atoms with van der Waals surface area (Å²) in [6, 6.07) is 7.46. The summed E-state index contributed by atoms with van der Waals surface area (Å²) in [7, 11) is 0. The molecule has 1 aromatic carbocycles. The molecule has 0 spiro atoms. The second-order valence-electron chi connectivity index (χ2n) is 6.20. The molecule has 0 radical (unpaired) electrons. The predicted molar refractivity (Wildman–Crippen MR) is 93.5 cm³/mol. The lowest BCUT2D eigenvalue weighted by Gasteiger charge is -2.45. The van der Waals surface area contributed by atoms with E-state index in [1.165, 1.54) is 0 Å². The first-order chi connectivity index (χ1) is 11.4. The van der Waals surface area contributed by atoms with Crippen LogP contribution in [0.2, 0.25) is 5.02 Å². The summed E-state index contributed by atoms with van der Waals surface area (Å²) >= 11 is 5.98. The zero-order chi connectivity index (χ0) is 17.9. The standard InChI is InChI=1S/C18H25ClN2O3/c1-4-20(5-2)21-16(13-6-8-14(19)9-7-13)11-10-15(17(21)22)12(3)18(23)24/h6-9,12,15-16H,4-5,10-11H2,1-3H3,(H,23,24). The van der Waals surface area contributed by atoms with Crippen molar-refractivity contribution in [3.05, 3.63) is 34.9 Å². The van der Waals surface area contributed by atoms with Crippen molar-refractivity contribution in [1.82, 2.24) is 10.0 Å². The van der Waals surface area contributed by atoms with Crippen molar-refractivity contribution in [2.45, 2.75) is 39.7 Å². The van der Waals surface area contributed by atoms with E-state index in [2.05, 4.69) is 0 Å². The molecular formula is C18H25ClN2O3. The largest absolute Gasteiger partial charge is 0.481 e. The van der Waals surface area contributed by atoms with E-state index >= 15 is 0 Å². The van der Waals surface area contributed by atoms with E-state index in [9.17, 15) is 14.7 Å². The first kappa shape index (κ1) is 18.7. The molecule has 1 aliphatic rings. The highest BCUT2D eigenvalue weighted by Crippen LogP contribution is 2.38. The molecule has 1 aliphatic heterocycles. The van der Waals surface area contributed by atoms with Crippen molar-refractivity contribution in [3.8, 4) is 0 Å². The minimum absolute atomic E-state index is 0.0769. The van der Waals surface area contributed by atoms with Crippen LogP contribution in [0.5, 0.6) is 0 Å². The number of amides is 1. The Bertz CT molecular complexity index is 586. The summed E-state index contributed by atoms with van der Waals surface area (Å²) in [6.07, 6.45) is 1.32. The molecule has 6 heteroatoms. The molecule has 1 saturated heterocycles. The minimum Gasteiger partial charge on any atom is -0.481 e. The Kier molecular flexibility index (Phi) is 6.24. The molecule has 3 unspecified atom stereocenters. The predicted octanol–water partition coefficient (Wildman–Crippen LogP) is 3.60. The lowest BCUT2D eigenvalue weighted by Crippen LogP contribution is -2.54. The summed E-state index contributed by atoms with van der Waals surface area (Å²) in [6.45, 7) is 7.01. The topological polar surface area (TPSA) is 60.9 Å². The molecule has 1 amide bonds. The van der Waals surface area contributed by atoms with Crippen LogP contribution in [-0.4, -0.2) is 40.1 Å². The number of carbonyl (C=O) groups excluding carboxylic acids is 1. The van der Waals surface area contributed by atoms with E-state index in [-0.39, 0.29) is 11.9 Å². The molecule has 0 bridgehead atoms. The molecule has 1 N–H and O–H groups in total. The summed E-state index contributed by atoms with van der Waals surface area (Å²) in [5.41, 5.74) is 1.03. The third kappa shape index (κ3) is 3.73. The number of hydrogen-bond acceptors (Lipinski definition) is 3. The van der Waals surface area contributed by atoms with Gasteiger partial charge in [-0.05, 0) is 30.5 Å². The summed E-state index contributed by atoms with van der Waals surface area (Å²) in [5, 5.41) is 13.7. The van der Waals surface area contributed by atoms with Gasteiger partial charge in [0.25, 0.3) is 0 Å². The number of carboxylic acid groups (broad SMARTS) is 1. The number of hydrogen-bond donors (Lipinski definition) is 1. The van der Waals surface area contributed by atoms with Crippen molar-refractivity contribution in [2.75, 3.05) is 13.1 Å². The zero-order valence-corrected chi connectivity index (χ0v) is 15.2. The van der Waals surface area contributed by atoms with Crippen molar-refractivity contribution in [1.29, 1.82) is 0 Å². The molecule has 3 atom stereocenters. The van der Waals surface area contributed by atoms with Gasteiger partial charge in [-0.25, -0.2) is 5.01 Å². The average molecular weight is 353 g/mol. The van der Waals surface area contributed by atoms with Crippen LogP contribution in [0.3, 0.4) is 0 Å². The maximum atomic E-state index is 13.1. The highest BCUT2D eigenvalue weighted by atomic mass is 35.5. The first-order valence-corrected chi connectivity index (χ1v) is 8.84. The normalized spacial score (nSPS) is 22.7. The van der Waals surface area contributed by atoms with Gasteiger partial charge in [0.15, 0.2) is 0 Å². The second kappa shape index (κ2) is 7.99. The van der Waals surface area contributed by atoms with E-state index in [4.69, 9.17) is 11.6 Å². The van der Waals surface area contributed by atoms with E-state index in [0.29, 0.717) is 24.5 Å². The number of rotatable bonds is 6. The smallest absolute Gasteiger partial charge is 0.307 e. The quantitative estimate of drug-likeness (QED) is 0.849. The number of carbonyl (C=O) groups is 2. The SMILES string of the molecule is CCN(CC)N1C(=O)C(C(C)C(=O)O)CCC1c1ccc(Cl)cc1. The van der Waals surface area contributed by atoms with Gasteiger partial charge in [0.1, 0.15) is 0 Å². The molecule has 0 aliphatic carbocycles. The van der Waals surface area contributed by atoms with Crippen molar-refractivity contribution in [3.63, 3.8) is 0 Å². The van der Waals surface area contributed by atoms with E-state index in [1.807, 2.05) is 43.1 Å². The molecule has 1 fully saturated rings. The van der Waals surface area contributed by atoms with Gasteiger partial charge < -0.3 is 5.11 Å². The van der Waals surface area contributed by atoms with Gasteiger partial charge in [0.2, 0.25) is 5.91 Å². The number of carboxylic acids is 1. The Labute approximate surface area is 148 Å². The Hall–Kier alpha value is -1.59. The van der Waals surface area contributed by atoms with Crippen LogP contribution in [-0.2, 0) is 9.59 Å². The highest BCUT2D eigenvalue weighted by Gasteiger charge is 2.42. The Morgan fingerprint density at radius 3 is 2.38 bits per heavy atom. The number of halogens is 1. The lowest BCUT2D eigenvalue weighted by atomic mass is 9.82. The number of benzene rings is 1. The van der Waals surface area contributed by atoms with E-state index in [0.717, 1.165) is 12.0 Å². The Morgan fingerprint density at radius 1 is 1.29 bits per heavy atom. The first-order valence-electron chi connectivity index (χ1n) is 8.46. The van der Waals surface area contributed by atoms with Gasteiger partial charge in [-0.3, -0.25) is 14.6 Å². The molecule has 1 aromatic rings. The fourth-order valence-electron chi connectivity index (χ4n) is 3.40. The molecule has 24 heavy (non-hydrogen) atoms. The maximum Gasteiger partial charge on any atom is 0.307 e. The van der Waals surface area contributed by atoms with Crippen molar-refractivity contribution >= 4 is 23.5 Å². The van der Waals surface area contributed by atoms with Crippen molar-refractivity contribution < 1.29 is 14.7 Å². The Balaban J connectivity index is 2.36. The fourth-order valence-corrected chi connectivity index (χ4v) is 3.53. The summed E-state index contributed by atoms with van der Waals surface area (Å²) in [4.78, 5) is 24.4. The van der Waals surface area contributed by atoms with E-state index < -0.39 is 17.8 Å². The van der Waals surface area contributed by atoms with Gasteiger partial charge in [-0.2, -0.15) is 0 Å². The number of hydrazine groups is 1. The van der Waals surface area contributed by atoms with Gasteiger partial charge in [0, 0.05) is 18.1 Å². The van der Waals surface area contributed by atoms with Crippen LogP contribution < -0.4 is 0 Å². The summed E-state index contributed by atoms with van der Waals surface area (Å²) in [5.74, 6) is -2.18. The van der Waals surface area contributed by atoms with Crippen LogP contribution in [0.25, 0.3) is 0 Å². The summed E-state index contributed by atoms with van der Waals surface area (Å²) < 4.78 is 0. The number of aliphatic carboxylic acids is 1. The van der Waals surface area contributed by atoms with Gasteiger partial charge in [-0.15, -0.1) is 0 Å². The molecule has 0 aromatic heterocycles. The lowest BCUT2D eigenvalue weighted by molar-refractivity contribution is -0.172. The molecule has 0 saturated carbocycles. The van der Waals surface area contributed by atoms with Crippen LogP contribution in [0.4, 0.5) is 0 Å². The fraction of sp³-hybridized carbons (Fsp3) is 0.556. The number of nitrogens with zero attached hydrogens (tertiary/aromatic N) is 2. The third-order valence-electron chi connectivity index (χ3n) is 4.87. The van der Waals surface area contributed by atoms with Gasteiger partial charge in [0.05, 0.1) is 17.9 Å². The average Bonchev–Trinajstić information content (AvgIpc) is 2.57. The molecule has 1 heterocycles. The minimum atomic E-state index is -0.919. The van der Waals surface area contributed by atoms with Crippen molar-refractivity contribution in [2.24, 2.45) is 11.8 Å². The molecule has 5 nitrogen and oxygen atoms in total. The molecule has 2 rings (SSSR count). The van der Waals surface area contributed by atoms with Crippen LogP contribution in [0.15, 0.2) is 24.3 Å². The maximum absolute atomic E-state index is 13.1. The van der Waals surface area contributed by atoms with Gasteiger partial charge >= 0.3 is 5.97 Å². The highest BCUT2D eigenvalue weighted by molar-refractivity contribution is 6.30. The van der Waals surface area contributed by atoms with E-state index in [1.54, 1.807) is 11.9 Å². The Morgan fingerprint density at radius 2 is 1.88 bits per heavy atom. The second-order valence-corrected chi connectivity index (χ2v) is 6.64. The van der Waals surface area contributed by atoms with Crippen LogP contribution in [0.1, 0.15) is 45.2 Å². The third-order valence-corrected chi connectivity index (χ3v) is 5.12. The molecular weight excluding hydrogens is 328 g/mol. The molecule has 132 valence electrons. The monoisotopic (exact) mass is 352 g/mol. The van der Waals surface area contributed by atoms with Crippen LogP contribution in [0, 0.1) is 11.8 Å². The number of piperidine rings is 1. The zero-order valence-electron chi connectivity index (χ0n) is 14.4. The van der Waals surface area contributed by atoms with Crippen LogP contribution >= 0.6 is 11.6 Å².